The van der Waals surface area contributed by atoms with Gasteiger partial charge in [0.15, 0.2) is 5.88 Å². The molecule has 0 heterocycles. The molecule has 3 nitrogen and oxygen atoms in total. The molecule has 0 aliphatic rings. The van der Waals surface area contributed by atoms with Crippen molar-refractivity contribution in [3.05, 3.63) is 0 Å². The van der Waals surface area contributed by atoms with Crippen LogP contribution in [0.3, 0.4) is 0 Å². The Bertz CT molecular complexity index is 269. The summed E-state index contributed by atoms with van der Waals surface area (Å²) in [5, 5.41) is 0. The van der Waals surface area contributed by atoms with Crippen LogP contribution in [-0.2, 0) is 9.84 Å². The van der Waals surface area contributed by atoms with Crippen LogP contribution in [0.4, 0.5) is 0 Å². The number of hydrogen-bond acceptors (Lipinski definition) is 2. The van der Waals surface area contributed by atoms with E-state index in [2.05, 4.69) is 20.8 Å². The van der Waals surface area contributed by atoms with Gasteiger partial charge in [-0.05, 0) is 20.3 Å². The molecule has 0 spiro atoms. The highest BCUT2D eigenvalue weighted by atomic mass is 32.2. The molecular formula is C12H28NO2S+. The summed E-state index contributed by atoms with van der Waals surface area (Å²) in [6, 6.07) is 0. The van der Waals surface area contributed by atoms with Gasteiger partial charge in [-0.15, -0.1) is 0 Å². The maximum absolute atomic E-state index is 11.9. The molecule has 0 aliphatic carbocycles. The molecule has 0 saturated heterocycles. The van der Waals surface area contributed by atoms with Crippen molar-refractivity contribution < 1.29 is 12.9 Å². The lowest BCUT2D eigenvalue weighted by atomic mass is 10.2. The molecule has 0 aromatic heterocycles. The molecule has 4 heteroatoms. The molecule has 16 heavy (non-hydrogen) atoms. The summed E-state index contributed by atoms with van der Waals surface area (Å²) in [4.78, 5) is 0. The zero-order valence-corrected chi connectivity index (χ0v) is 12.1. The van der Waals surface area contributed by atoms with Gasteiger partial charge in [0, 0.05) is 0 Å². The van der Waals surface area contributed by atoms with Crippen molar-refractivity contribution in [2.45, 2.75) is 46.5 Å². The van der Waals surface area contributed by atoms with E-state index in [1.54, 1.807) is 0 Å². The quantitative estimate of drug-likeness (QED) is 0.465. The molecule has 0 bridgehead atoms. The van der Waals surface area contributed by atoms with Gasteiger partial charge in [-0.2, -0.15) is 0 Å². The van der Waals surface area contributed by atoms with Gasteiger partial charge in [0.1, 0.15) is 0 Å². The van der Waals surface area contributed by atoms with Crippen LogP contribution in [0.25, 0.3) is 0 Å². The van der Waals surface area contributed by atoms with Crippen LogP contribution >= 0.6 is 0 Å². The van der Waals surface area contributed by atoms with Crippen molar-refractivity contribution >= 4 is 9.84 Å². The van der Waals surface area contributed by atoms with Crippen molar-refractivity contribution in [1.29, 1.82) is 0 Å². The average molecular weight is 250 g/mol. The maximum atomic E-state index is 11.9. The monoisotopic (exact) mass is 250 g/mol. The Morgan fingerprint density at radius 1 is 0.938 bits per heavy atom. The molecule has 0 aromatic carbocycles. The van der Waals surface area contributed by atoms with Crippen LogP contribution in [0.2, 0.25) is 0 Å². The Morgan fingerprint density at radius 3 is 1.94 bits per heavy atom. The van der Waals surface area contributed by atoms with E-state index < -0.39 is 9.84 Å². The van der Waals surface area contributed by atoms with Crippen molar-refractivity contribution in [2.24, 2.45) is 0 Å². The molecule has 0 atom stereocenters. The predicted molar refractivity (Wildman–Crippen MR) is 70.1 cm³/mol. The minimum Gasteiger partial charge on any atom is -0.314 e. The number of quaternary nitrogens is 1. The molecule has 0 N–H and O–H groups in total. The van der Waals surface area contributed by atoms with Gasteiger partial charge < -0.3 is 4.48 Å². The molecule has 0 saturated carbocycles. The van der Waals surface area contributed by atoms with Gasteiger partial charge in [-0.1, -0.05) is 26.2 Å². The first-order valence-electron chi connectivity index (χ1n) is 6.43. The summed E-state index contributed by atoms with van der Waals surface area (Å²) >= 11 is 0. The molecule has 0 rings (SSSR count). The zero-order chi connectivity index (χ0) is 12.7. The van der Waals surface area contributed by atoms with Gasteiger partial charge in [0.2, 0.25) is 9.84 Å². The molecule has 0 amide bonds. The standard InChI is InChI=1S/C12H28NO2S/c1-5-8-9-10-11-16(14,15)12-13(4,6-2)7-3/h5-12H2,1-4H3/q+1. The minimum atomic E-state index is -2.87. The molecule has 0 radical (unpaired) electrons. The summed E-state index contributed by atoms with van der Waals surface area (Å²) in [6.07, 6.45) is 4.16. The minimum absolute atomic E-state index is 0.298. The fourth-order valence-corrected chi connectivity index (χ4v) is 3.78. The van der Waals surface area contributed by atoms with Crippen LogP contribution in [0.5, 0.6) is 0 Å². The molecular weight excluding hydrogens is 222 g/mol. The van der Waals surface area contributed by atoms with E-state index in [0.29, 0.717) is 16.1 Å². The van der Waals surface area contributed by atoms with Gasteiger partial charge in [0.25, 0.3) is 0 Å². The normalized spacial score (nSPS) is 13.0. The van der Waals surface area contributed by atoms with Crippen molar-refractivity contribution in [3.8, 4) is 0 Å². The highest BCUT2D eigenvalue weighted by Gasteiger charge is 2.25. The lowest BCUT2D eigenvalue weighted by molar-refractivity contribution is -0.894. The highest BCUT2D eigenvalue weighted by molar-refractivity contribution is 7.91. The lowest BCUT2D eigenvalue weighted by Gasteiger charge is -2.31. The smallest absolute Gasteiger partial charge is 0.200 e. The zero-order valence-electron chi connectivity index (χ0n) is 11.3. The number of rotatable bonds is 9. The lowest BCUT2D eigenvalue weighted by Crippen LogP contribution is -2.47. The molecule has 98 valence electrons. The third-order valence-corrected chi connectivity index (χ3v) is 5.27. The Kier molecular flexibility index (Phi) is 7.24. The van der Waals surface area contributed by atoms with E-state index in [1.807, 2.05) is 7.05 Å². The number of unbranched alkanes of at least 4 members (excludes halogenated alkanes) is 3. The number of sulfone groups is 1. The first-order chi connectivity index (χ1) is 7.39. The van der Waals surface area contributed by atoms with Crippen molar-refractivity contribution in [1.82, 2.24) is 0 Å². The van der Waals surface area contributed by atoms with E-state index >= 15 is 0 Å². The van der Waals surface area contributed by atoms with Crippen LogP contribution in [0.1, 0.15) is 46.5 Å². The topological polar surface area (TPSA) is 34.1 Å². The van der Waals surface area contributed by atoms with E-state index in [1.165, 1.54) is 0 Å². The molecule has 0 aromatic rings. The summed E-state index contributed by atoms with van der Waals surface area (Å²) in [6.45, 7) is 8.00. The number of hydrogen-bond donors (Lipinski definition) is 0. The second-order valence-corrected chi connectivity index (χ2v) is 7.04. The van der Waals surface area contributed by atoms with E-state index in [0.717, 1.165) is 38.8 Å². The average Bonchev–Trinajstić information content (AvgIpc) is 2.24. The largest absolute Gasteiger partial charge is 0.314 e. The SMILES string of the molecule is CCCCCCS(=O)(=O)C[N+](C)(CC)CC. The first kappa shape index (κ1) is 15.9. The number of nitrogens with zero attached hydrogens (tertiary/aromatic N) is 1. The Morgan fingerprint density at radius 2 is 1.50 bits per heavy atom. The van der Waals surface area contributed by atoms with Gasteiger partial charge in [-0.3, -0.25) is 0 Å². The first-order valence-corrected chi connectivity index (χ1v) is 8.25. The summed E-state index contributed by atoms with van der Waals surface area (Å²) in [7, 11) is -0.854. The Balaban J connectivity index is 4.14. The highest BCUT2D eigenvalue weighted by Crippen LogP contribution is 2.09. The summed E-state index contributed by atoms with van der Waals surface area (Å²) < 4.78 is 24.5. The van der Waals surface area contributed by atoms with E-state index in [-0.39, 0.29) is 0 Å². The third kappa shape index (κ3) is 6.48. The maximum Gasteiger partial charge on any atom is 0.200 e. The third-order valence-electron chi connectivity index (χ3n) is 3.34. The van der Waals surface area contributed by atoms with Crippen LogP contribution in [-0.4, -0.2) is 44.7 Å². The van der Waals surface area contributed by atoms with Crippen LogP contribution in [0.15, 0.2) is 0 Å². The fraction of sp³-hybridized carbons (Fsp3) is 1.00. The fourth-order valence-electron chi connectivity index (χ4n) is 1.69. The van der Waals surface area contributed by atoms with Crippen LogP contribution in [0, 0.1) is 0 Å². The molecule has 0 aliphatic heterocycles. The summed E-state index contributed by atoms with van der Waals surface area (Å²) in [5.41, 5.74) is 0. The Labute approximate surface area is 101 Å². The summed E-state index contributed by atoms with van der Waals surface area (Å²) in [5.74, 6) is 0.660. The van der Waals surface area contributed by atoms with Crippen molar-refractivity contribution in [2.75, 3.05) is 31.8 Å². The molecule has 0 fully saturated rings. The second kappa shape index (κ2) is 7.28. The van der Waals surface area contributed by atoms with Gasteiger partial charge in [0.05, 0.1) is 25.9 Å². The molecule has 0 unspecified atom stereocenters. The van der Waals surface area contributed by atoms with Crippen molar-refractivity contribution in [3.63, 3.8) is 0 Å². The van der Waals surface area contributed by atoms with Crippen LogP contribution < -0.4 is 0 Å². The van der Waals surface area contributed by atoms with E-state index in [9.17, 15) is 8.42 Å². The second-order valence-electron chi connectivity index (χ2n) is 4.89. The van der Waals surface area contributed by atoms with E-state index in [4.69, 9.17) is 0 Å². The van der Waals surface area contributed by atoms with Gasteiger partial charge >= 0.3 is 0 Å². The Hall–Kier alpha value is -0.0900. The predicted octanol–water partition coefficient (Wildman–Crippen LogP) is 2.43. The van der Waals surface area contributed by atoms with Gasteiger partial charge in [-0.25, -0.2) is 8.42 Å².